The maximum atomic E-state index is 8.67. The fourth-order valence-electron chi connectivity index (χ4n) is 0. The van der Waals surface area contributed by atoms with Crippen molar-refractivity contribution in [2.24, 2.45) is 0 Å². The summed E-state index contributed by atoms with van der Waals surface area (Å²) < 4.78 is 0. The van der Waals surface area contributed by atoms with Crippen molar-refractivity contribution >= 4 is 37.1 Å². The van der Waals surface area contributed by atoms with Gasteiger partial charge in [0.25, 0.3) is 0 Å². The molecule has 0 heterocycles. The Hall–Kier alpha value is 0.617. The van der Waals surface area contributed by atoms with Gasteiger partial charge in [0.2, 0.25) is 0 Å². The van der Waals surface area contributed by atoms with Gasteiger partial charge in [-0.3, -0.25) is 4.79 Å². The minimum absolute atomic E-state index is 0. The zero-order chi connectivity index (χ0) is 2.71. The number of hydrogen-bond acceptors (Lipinski definition) is 1. The third-order valence-corrected chi connectivity index (χ3v) is 0. The standard InChI is InChI=1S/CH2OS.Li.H/c2-1-3;;/h1H,(H,2,3);;. The zero-order valence-corrected chi connectivity index (χ0v) is 2.33. The second-order valence-corrected chi connectivity index (χ2v) is 0.316. The molecule has 0 fully saturated rings. The van der Waals surface area contributed by atoms with E-state index >= 15 is 0 Å². The third-order valence-electron chi connectivity index (χ3n) is 0. The molecule has 20 valence electrons. The van der Waals surface area contributed by atoms with Gasteiger partial charge in [0.1, 0.15) is 0 Å². The minimum atomic E-state index is 0. The van der Waals surface area contributed by atoms with Crippen LogP contribution in [0, 0.1) is 0 Å². The molecule has 0 aliphatic heterocycles. The molecule has 0 amide bonds. The van der Waals surface area contributed by atoms with Crippen LogP contribution in [0.2, 0.25) is 0 Å². The monoisotopic (exact) mass is 70.0 g/mol. The van der Waals surface area contributed by atoms with Crippen LogP contribution >= 0.6 is 12.6 Å². The van der Waals surface area contributed by atoms with E-state index in [0.717, 1.165) is 0 Å². The first-order chi connectivity index (χ1) is 1.41. The molecule has 0 aliphatic rings. The van der Waals surface area contributed by atoms with Crippen molar-refractivity contribution < 1.29 is 4.79 Å². The van der Waals surface area contributed by atoms with Crippen molar-refractivity contribution in [3.63, 3.8) is 0 Å². The molecular weight excluding hydrogens is 67.0 g/mol. The van der Waals surface area contributed by atoms with Gasteiger partial charge >= 0.3 is 18.9 Å². The average Bonchev–Trinajstić information content (AvgIpc) is 0.918. The van der Waals surface area contributed by atoms with Crippen LogP contribution in [-0.4, -0.2) is 24.5 Å². The average molecular weight is 70.0 g/mol. The van der Waals surface area contributed by atoms with Crippen molar-refractivity contribution in [3.05, 3.63) is 0 Å². The summed E-state index contributed by atoms with van der Waals surface area (Å²) in [5.74, 6) is 0. The van der Waals surface area contributed by atoms with Gasteiger partial charge in [0.05, 0.1) is 0 Å². The Bertz CT molecular complexity index is 15.5. The molecule has 3 heteroatoms. The number of rotatable bonds is 0. The molecule has 0 saturated heterocycles. The molecule has 0 spiro atoms. The fourth-order valence-corrected chi connectivity index (χ4v) is 0. The van der Waals surface area contributed by atoms with Crippen LogP contribution in [0.3, 0.4) is 0 Å². The topological polar surface area (TPSA) is 17.1 Å². The molecule has 0 saturated carbocycles. The van der Waals surface area contributed by atoms with Crippen molar-refractivity contribution in [1.29, 1.82) is 0 Å². The van der Waals surface area contributed by atoms with Gasteiger partial charge in [-0.2, -0.15) is 0 Å². The van der Waals surface area contributed by atoms with Gasteiger partial charge in [-0.25, -0.2) is 0 Å². The summed E-state index contributed by atoms with van der Waals surface area (Å²) in [7, 11) is 0. The molecule has 0 aromatic rings. The number of hydrogen-bond donors (Lipinski definition) is 1. The van der Waals surface area contributed by atoms with Crippen LogP contribution in [0.15, 0.2) is 0 Å². The Kier molecular flexibility index (Phi) is 20.9. The van der Waals surface area contributed by atoms with Gasteiger partial charge in [0.15, 0.2) is 5.62 Å². The van der Waals surface area contributed by atoms with Crippen molar-refractivity contribution in [2.45, 2.75) is 0 Å². The van der Waals surface area contributed by atoms with Gasteiger partial charge < -0.3 is 0 Å². The predicted molar refractivity (Wildman–Crippen MR) is 22.9 cm³/mol. The second-order valence-electron chi connectivity index (χ2n) is 0.105. The van der Waals surface area contributed by atoms with E-state index < -0.39 is 0 Å². The summed E-state index contributed by atoms with van der Waals surface area (Å²) in [4.78, 5) is 8.67. The van der Waals surface area contributed by atoms with E-state index in [-0.39, 0.29) is 18.9 Å². The summed E-state index contributed by atoms with van der Waals surface area (Å²) >= 11 is 3.11. The van der Waals surface area contributed by atoms with Crippen molar-refractivity contribution in [3.8, 4) is 0 Å². The Morgan fingerprint density at radius 3 is 1.75 bits per heavy atom. The van der Waals surface area contributed by atoms with E-state index in [0.29, 0.717) is 5.62 Å². The maximum absolute atomic E-state index is 8.67. The van der Waals surface area contributed by atoms with Gasteiger partial charge in [-0.05, 0) is 0 Å². The van der Waals surface area contributed by atoms with Crippen LogP contribution in [0.25, 0.3) is 0 Å². The first kappa shape index (κ1) is 8.82. The first-order valence-electron chi connectivity index (χ1n) is 0.494. The summed E-state index contributed by atoms with van der Waals surface area (Å²) in [6.07, 6.45) is 0. The van der Waals surface area contributed by atoms with Crippen molar-refractivity contribution in [2.75, 3.05) is 0 Å². The Morgan fingerprint density at radius 2 is 1.75 bits per heavy atom. The molecule has 0 rings (SSSR count). The van der Waals surface area contributed by atoms with Gasteiger partial charge in [-0.1, -0.05) is 0 Å². The predicted octanol–water partition coefficient (Wildman–Crippen LogP) is -0.542. The van der Waals surface area contributed by atoms with Crippen LogP contribution in [0.5, 0.6) is 0 Å². The van der Waals surface area contributed by atoms with E-state index in [4.69, 9.17) is 4.79 Å². The van der Waals surface area contributed by atoms with E-state index in [9.17, 15) is 0 Å². The van der Waals surface area contributed by atoms with Gasteiger partial charge in [0, 0.05) is 0 Å². The Labute approximate surface area is 42.4 Å². The van der Waals surface area contributed by atoms with Crippen LogP contribution < -0.4 is 0 Å². The first-order valence-corrected chi connectivity index (χ1v) is 1.01. The molecular formula is CH3LiOS. The van der Waals surface area contributed by atoms with Crippen LogP contribution in [0.4, 0.5) is 0 Å². The molecule has 0 bridgehead atoms. The molecule has 0 aromatic heterocycles. The Morgan fingerprint density at radius 1 is 1.75 bits per heavy atom. The molecule has 1 nitrogen and oxygen atoms in total. The molecule has 0 radical (unpaired) electrons. The molecule has 0 aliphatic carbocycles. The van der Waals surface area contributed by atoms with E-state index in [2.05, 4.69) is 12.6 Å². The summed E-state index contributed by atoms with van der Waals surface area (Å²) in [5.41, 5.74) is 0.444. The van der Waals surface area contributed by atoms with Crippen molar-refractivity contribution in [1.82, 2.24) is 0 Å². The molecule has 0 atom stereocenters. The summed E-state index contributed by atoms with van der Waals surface area (Å²) in [6.45, 7) is 0. The summed E-state index contributed by atoms with van der Waals surface area (Å²) in [5, 5.41) is 0. The normalized spacial score (nSPS) is 3.25. The van der Waals surface area contributed by atoms with Gasteiger partial charge in [-0.15, -0.1) is 12.6 Å². The number of carbonyl (C=O) groups is 1. The van der Waals surface area contributed by atoms with Crippen LogP contribution in [0.1, 0.15) is 0 Å². The van der Waals surface area contributed by atoms with E-state index in [1.54, 1.807) is 0 Å². The van der Waals surface area contributed by atoms with E-state index in [1.807, 2.05) is 0 Å². The third kappa shape index (κ3) is 18.0. The fraction of sp³-hybridized carbons (Fsp3) is 0. The summed E-state index contributed by atoms with van der Waals surface area (Å²) in [6, 6.07) is 0. The second kappa shape index (κ2) is 9.47. The quantitative estimate of drug-likeness (QED) is 0.230. The number of thiol groups is 1. The zero-order valence-electron chi connectivity index (χ0n) is 1.43. The van der Waals surface area contributed by atoms with E-state index in [1.165, 1.54) is 0 Å². The molecule has 4 heavy (non-hydrogen) atoms. The van der Waals surface area contributed by atoms with Crippen LogP contribution in [-0.2, 0) is 4.79 Å². The molecule has 0 unspecified atom stereocenters. The Balaban J connectivity index is 0. The molecule has 0 N–H and O–H groups in total. The SMILES string of the molecule is O=CS.[LiH]. The number of carbonyl (C=O) groups excluding carboxylic acids is 1. The molecule has 0 aromatic carbocycles.